The van der Waals surface area contributed by atoms with Gasteiger partial charge in [-0.2, -0.15) is 0 Å². The van der Waals surface area contributed by atoms with Crippen molar-refractivity contribution < 1.29 is 31.5 Å². The minimum absolute atomic E-state index is 0.0309. The van der Waals surface area contributed by atoms with Gasteiger partial charge in [-0.05, 0) is 59.1 Å². The van der Waals surface area contributed by atoms with Gasteiger partial charge in [0.15, 0.2) is 12.4 Å². The van der Waals surface area contributed by atoms with Crippen LogP contribution in [0, 0.1) is 25.5 Å². The molecule has 0 heterocycles. The van der Waals surface area contributed by atoms with Gasteiger partial charge in [0.2, 0.25) is 10.0 Å². The molecular weight excluding hydrogens is 462 g/mol. The average molecular weight is 477 g/mol. The highest BCUT2D eigenvalue weighted by Crippen LogP contribution is 2.27. The van der Waals surface area contributed by atoms with Crippen LogP contribution in [0.1, 0.15) is 21.5 Å². The molecule has 150 valence electrons. The number of esters is 1. The van der Waals surface area contributed by atoms with Gasteiger partial charge in [-0.1, -0.05) is 0 Å². The number of nitrogens with two attached hydrogens (primary N) is 1. The maximum atomic E-state index is 13.7. The minimum atomic E-state index is -4.06. The molecule has 0 unspecified atom stereocenters. The van der Waals surface area contributed by atoms with E-state index in [0.717, 1.165) is 12.1 Å². The van der Waals surface area contributed by atoms with Crippen LogP contribution in [0.2, 0.25) is 0 Å². The number of hydrogen-bond donors (Lipinski definition) is 2. The predicted molar refractivity (Wildman–Crippen MR) is 100 cm³/mol. The number of nitrogens with one attached hydrogen (secondary N) is 1. The Hall–Kier alpha value is -2.37. The summed E-state index contributed by atoms with van der Waals surface area (Å²) in [6, 6.07) is 3.97. The fraction of sp³-hybridized carbons (Fsp3) is 0.176. The summed E-state index contributed by atoms with van der Waals surface area (Å²) in [7, 11) is -4.06. The maximum absolute atomic E-state index is 13.7. The van der Waals surface area contributed by atoms with Gasteiger partial charge < -0.3 is 10.1 Å². The van der Waals surface area contributed by atoms with Crippen molar-refractivity contribution in [1.29, 1.82) is 0 Å². The van der Waals surface area contributed by atoms with Gasteiger partial charge in [0, 0.05) is 10.5 Å². The summed E-state index contributed by atoms with van der Waals surface area (Å²) in [6.07, 6.45) is 0. The highest BCUT2D eigenvalue weighted by atomic mass is 79.9. The molecule has 0 aromatic heterocycles. The van der Waals surface area contributed by atoms with Gasteiger partial charge in [-0.15, -0.1) is 0 Å². The van der Waals surface area contributed by atoms with Crippen molar-refractivity contribution in [2.75, 3.05) is 11.9 Å². The molecule has 7 nitrogen and oxygen atoms in total. The molecule has 3 N–H and O–H groups in total. The first-order valence-corrected chi connectivity index (χ1v) is 9.99. The number of hydrogen-bond acceptors (Lipinski definition) is 5. The second kappa shape index (κ2) is 8.33. The van der Waals surface area contributed by atoms with Crippen molar-refractivity contribution in [3.8, 4) is 0 Å². The van der Waals surface area contributed by atoms with Crippen molar-refractivity contribution in [1.82, 2.24) is 0 Å². The third-order valence-corrected chi connectivity index (χ3v) is 5.43. The first kappa shape index (κ1) is 21.9. The number of sulfonamides is 1. The van der Waals surface area contributed by atoms with Crippen LogP contribution in [-0.2, 0) is 19.6 Å². The zero-order valence-corrected chi connectivity index (χ0v) is 17.1. The Balaban J connectivity index is 2.13. The topological polar surface area (TPSA) is 116 Å². The molecule has 0 saturated carbocycles. The molecule has 0 atom stereocenters. The van der Waals surface area contributed by atoms with E-state index in [9.17, 15) is 26.8 Å². The monoisotopic (exact) mass is 476 g/mol. The molecule has 2 aromatic carbocycles. The summed E-state index contributed by atoms with van der Waals surface area (Å²) < 4.78 is 54.8. The fourth-order valence-corrected chi connectivity index (χ4v) is 3.68. The molecule has 1 amide bonds. The molecule has 0 bridgehead atoms. The molecule has 0 saturated heterocycles. The highest BCUT2D eigenvalue weighted by molar-refractivity contribution is 9.10. The molecule has 0 aliphatic rings. The third kappa shape index (κ3) is 5.12. The molecule has 11 heteroatoms. The molecule has 2 rings (SSSR count). The van der Waals surface area contributed by atoms with Gasteiger partial charge in [0.1, 0.15) is 5.82 Å². The van der Waals surface area contributed by atoms with Crippen LogP contribution < -0.4 is 10.5 Å². The normalized spacial score (nSPS) is 11.2. The molecular formula is C17H15BrF2N2O5S. The van der Waals surface area contributed by atoms with E-state index in [1.54, 1.807) is 6.92 Å². The number of aryl methyl sites for hydroxylation is 1. The van der Waals surface area contributed by atoms with Gasteiger partial charge in [0.25, 0.3) is 5.91 Å². The molecule has 0 fully saturated rings. The number of primary sulfonamides is 1. The van der Waals surface area contributed by atoms with Crippen molar-refractivity contribution in [2.24, 2.45) is 5.14 Å². The Morgan fingerprint density at radius 2 is 1.82 bits per heavy atom. The van der Waals surface area contributed by atoms with Crippen LogP contribution in [-0.4, -0.2) is 26.9 Å². The van der Waals surface area contributed by atoms with Crippen LogP contribution in [0.4, 0.5) is 14.5 Å². The number of amides is 1. The van der Waals surface area contributed by atoms with E-state index >= 15 is 0 Å². The van der Waals surface area contributed by atoms with Gasteiger partial charge in [0.05, 0.1) is 16.1 Å². The number of ether oxygens (including phenoxy) is 1. The SMILES string of the molecule is Cc1cc(C(=O)OCC(=O)Nc2c(F)cc(F)cc2Br)cc(S(N)(=O)=O)c1C. The number of halogens is 3. The number of rotatable bonds is 5. The van der Waals surface area contributed by atoms with E-state index in [-0.39, 0.29) is 20.6 Å². The number of benzene rings is 2. The van der Waals surface area contributed by atoms with Crippen LogP contribution in [0.15, 0.2) is 33.6 Å². The zero-order chi connectivity index (χ0) is 21.2. The first-order chi connectivity index (χ1) is 12.9. The zero-order valence-electron chi connectivity index (χ0n) is 14.7. The summed E-state index contributed by atoms with van der Waals surface area (Å²) in [5, 5.41) is 7.28. The second-order valence-corrected chi connectivity index (χ2v) is 8.21. The molecule has 0 aliphatic carbocycles. The van der Waals surface area contributed by atoms with E-state index in [2.05, 4.69) is 21.2 Å². The largest absolute Gasteiger partial charge is 0.452 e. The van der Waals surface area contributed by atoms with Crippen LogP contribution >= 0.6 is 15.9 Å². The third-order valence-electron chi connectivity index (χ3n) is 3.77. The summed E-state index contributed by atoms with van der Waals surface area (Å²) in [5.74, 6) is -3.70. The number of anilines is 1. The van der Waals surface area contributed by atoms with Crippen LogP contribution in [0.3, 0.4) is 0 Å². The van der Waals surface area contributed by atoms with E-state index in [0.29, 0.717) is 17.2 Å². The lowest BCUT2D eigenvalue weighted by molar-refractivity contribution is -0.119. The van der Waals surface area contributed by atoms with E-state index in [4.69, 9.17) is 9.88 Å². The summed E-state index contributed by atoms with van der Waals surface area (Å²) in [4.78, 5) is 23.8. The minimum Gasteiger partial charge on any atom is -0.452 e. The van der Waals surface area contributed by atoms with Gasteiger partial charge >= 0.3 is 5.97 Å². The first-order valence-electron chi connectivity index (χ1n) is 7.65. The van der Waals surface area contributed by atoms with Crippen molar-refractivity contribution >= 4 is 43.5 Å². The highest BCUT2D eigenvalue weighted by Gasteiger charge is 2.19. The lowest BCUT2D eigenvalue weighted by Crippen LogP contribution is -2.22. The van der Waals surface area contributed by atoms with E-state index in [1.807, 2.05) is 0 Å². The Labute approximate surface area is 168 Å². The molecule has 0 radical (unpaired) electrons. The Morgan fingerprint density at radius 1 is 1.18 bits per heavy atom. The molecule has 2 aromatic rings. The number of carbonyl (C=O) groups excluding carboxylic acids is 2. The lowest BCUT2D eigenvalue weighted by atomic mass is 10.1. The van der Waals surface area contributed by atoms with Crippen molar-refractivity contribution in [3.63, 3.8) is 0 Å². The maximum Gasteiger partial charge on any atom is 0.338 e. The summed E-state index contributed by atoms with van der Waals surface area (Å²) in [5.41, 5.74) is 0.438. The van der Waals surface area contributed by atoms with E-state index < -0.39 is 40.1 Å². The Kier molecular flexibility index (Phi) is 6.52. The summed E-state index contributed by atoms with van der Waals surface area (Å²) >= 11 is 2.91. The Bertz CT molecular complexity index is 1050. The summed E-state index contributed by atoms with van der Waals surface area (Å²) in [6.45, 7) is 2.34. The standard InChI is InChI=1S/C17H15BrF2N2O5S/c1-8-3-10(4-14(9(8)2)28(21,25)26)17(24)27-7-15(23)22-16-12(18)5-11(19)6-13(16)20/h3-6H,7H2,1-2H3,(H,22,23)(H2,21,25,26). The van der Waals surface area contributed by atoms with Gasteiger partial charge in [-0.25, -0.2) is 27.1 Å². The Morgan fingerprint density at radius 3 is 2.39 bits per heavy atom. The smallest absolute Gasteiger partial charge is 0.338 e. The quantitative estimate of drug-likeness (QED) is 0.643. The molecule has 0 spiro atoms. The van der Waals surface area contributed by atoms with Crippen LogP contribution in [0.25, 0.3) is 0 Å². The number of carbonyl (C=O) groups is 2. The van der Waals surface area contributed by atoms with Crippen LogP contribution in [0.5, 0.6) is 0 Å². The van der Waals surface area contributed by atoms with E-state index in [1.165, 1.54) is 13.0 Å². The van der Waals surface area contributed by atoms with Crippen molar-refractivity contribution in [2.45, 2.75) is 18.7 Å². The second-order valence-electron chi connectivity index (χ2n) is 5.83. The lowest BCUT2D eigenvalue weighted by Gasteiger charge is -2.11. The van der Waals surface area contributed by atoms with Gasteiger partial charge in [-0.3, -0.25) is 4.79 Å². The average Bonchev–Trinajstić information content (AvgIpc) is 2.57. The van der Waals surface area contributed by atoms with Crippen molar-refractivity contribution in [3.05, 3.63) is 57.1 Å². The predicted octanol–water partition coefficient (Wildman–Crippen LogP) is 2.79. The fourth-order valence-electron chi connectivity index (χ4n) is 2.29. The molecule has 28 heavy (non-hydrogen) atoms. The molecule has 0 aliphatic heterocycles.